The van der Waals surface area contributed by atoms with Crippen molar-refractivity contribution in [1.29, 1.82) is 0 Å². The third-order valence-electron chi connectivity index (χ3n) is 2.10. The zero-order valence-electron chi connectivity index (χ0n) is 7.86. The van der Waals surface area contributed by atoms with Crippen molar-refractivity contribution >= 4 is 17.7 Å². The van der Waals surface area contributed by atoms with E-state index in [1.54, 1.807) is 11.8 Å². The van der Waals surface area contributed by atoms with Crippen molar-refractivity contribution in [2.75, 3.05) is 18.1 Å². The maximum Gasteiger partial charge on any atom is 0.312 e. The van der Waals surface area contributed by atoms with Crippen LogP contribution in [0.1, 0.15) is 19.8 Å². The third-order valence-corrected chi connectivity index (χ3v) is 3.27. The lowest BCUT2D eigenvalue weighted by Crippen LogP contribution is -2.28. The van der Waals surface area contributed by atoms with E-state index in [-0.39, 0.29) is 11.9 Å². The summed E-state index contributed by atoms with van der Waals surface area (Å²) in [5, 5.41) is 9.39. The van der Waals surface area contributed by atoms with Crippen LogP contribution in [0.3, 0.4) is 0 Å². The monoisotopic (exact) mass is 204 g/mol. The molecule has 0 aromatic heterocycles. The average molecular weight is 204 g/mol. The van der Waals surface area contributed by atoms with Crippen LogP contribution in [0.25, 0.3) is 0 Å². The lowest BCUT2D eigenvalue weighted by atomic mass is 10.1. The SMILES string of the molecule is CCCCOC(=O)C1CSCC1O. The Morgan fingerprint density at radius 3 is 2.92 bits per heavy atom. The second kappa shape index (κ2) is 5.50. The summed E-state index contributed by atoms with van der Waals surface area (Å²) in [6.07, 6.45) is 1.43. The zero-order valence-corrected chi connectivity index (χ0v) is 8.68. The fourth-order valence-corrected chi connectivity index (χ4v) is 2.41. The molecule has 0 bridgehead atoms. The van der Waals surface area contributed by atoms with E-state index < -0.39 is 6.10 Å². The van der Waals surface area contributed by atoms with Gasteiger partial charge in [-0.1, -0.05) is 13.3 Å². The quantitative estimate of drug-likeness (QED) is 0.549. The fraction of sp³-hybridized carbons (Fsp3) is 0.889. The van der Waals surface area contributed by atoms with Crippen LogP contribution in [0.15, 0.2) is 0 Å². The van der Waals surface area contributed by atoms with Crippen LogP contribution >= 0.6 is 11.8 Å². The van der Waals surface area contributed by atoms with Gasteiger partial charge in [0.2, 0.25) is 0 Å². The van der Waals surface area contributed by atoms with Crippen molar-refractivity contribution in [3.05, 3.63) is 0 Å². The molecule has 0 amide bonds. The molecule has 4 heteroatoms. The van der Waals surface area contributed by atoms with E-state index >= 15 is 0 Å². The Balaban J connectivity index is 2.22. The van der Waals surface area contributed by atoms with E-state index in [9.17, 15) is 9.90 Å². The first-order chi connectivity index (χ1) is 6.25. The molecule has 1 saturated heterocycles. The van der Waals surface area contributed by atoms with Crippen molar-refractivity contribution in [3.63, 3.8) is 0 Å². The molecule has 0 radical (unpaired) electrons. The maximum absolute atomic E-state index is 11.3. The van der Waals surface area contributed by atoms with Gasteiger partial charge in [-0.15, -0.1) is 0 Å². The number of rotatable bonds is 4. The van der Waals surface area contributed by atoms with Crippen molar-refractivity contribution in [1.82, 2.24) is 0 Å². The van der Waals surface area contributed by atoms with Gasteiger partial charge in [-0.3, -0.25) is 4.79 Å². The second-order valence-corrected chi connectivity index (χ2v) is 4.31. The summed E-state index contributed by atoms with van der Waals surface area (Å²) in [6.45, 7) is 2.54. The lowest BCUT2D eigenvalue weighted by molar-refractivity contribution is -0.150. The second-order valence-electron chi connectivity index (χ2n) is 3.23. The van der Waals surface area contributed by atoms with Gasteiger partial charge >= 0.3 is 5.97 Å². The number of esters is 1. The minimum absolute atomic E-state index is 0.231. The summed E-state index contributed by atoms with van der Waals surface area (Å²) < 4.78 is 5.02. The number of hydrogen-bond acceptors (Lipinski definition) is 4. The first-order valence-electron chi connectivity index (χ1n) is 4.68. The molecule has 76 valence electrons. The molecule has 1 aliphatic heterocycles. The van der Waals surface area contributed by atoms with Gasteiger partial charge in [0, 0.05) is 11.5 Å². The first-order valence-corrected chi connectivity index (χ1v) is 5.83. The van der Waals surface area contributed by atoms with Crippen LogP contribution in [0, 0.1) is 5.92 Å². The van der Waals surface area contributed by atoms with Gasteiger partial charge in [0.25, 0.3) is 0 Å². The summed E-state index contributed by atoms with van der Waals surface area (Å²) in [4.78, 5) is 11.3. The van der Waals surface area contributed by atoms with Gasteiger partial charge in [0.05, 0.1) is 18.6 Å². The predicted molar refractivity (Wildman–Crippen MR) is 52.7 cm³/mol. The Morgan fingerprint density at radius 1 is 1.62 bits per heavy atom. The van der Waals surface area contributed by atoms with Crippen LogP contribution in [0.5, 0.6) is 0 Å². The third kappa shape index (κ3) is 3.19. The lowest BCUT2D eigenvalue weighted by Gasteiger charge is -2.12. The average Bonchev–Trinajstić information content (AvgIpc) is 2.52. The molecule has 1 aliphatic rings. The van der Waals surface area contributed by atoms with E-state index in [0.717, 1.165) is 12.8 Å². The Hall–Kier alpha value is -0.220. The van der Waals surface area contributed by atoms with E-state index in [1.165, 1.54) is 0 Å². The standard InChI is InChI=1S/C9H16O3S/c1-2-3-4-12-9(11)7-5-13-6-8(7)10/h7-8,10H,2-6H2,1H3. The normalized spacial score (nSPS) is 27.5. The Kier molecular flexibility index (Phi) is 4.59. The summed E-state index contributed by atoms with van der Waals surface area (Å²) in [5.74, 6) is 0.840. The number of aliphatic hydroxyl groups excluding tert-OH is 1. The molecule has 2 atom stereocenters. The molecule has 1 N–H and O–H groups in total. The first kappa shape index (κ1) is 10.9. The van der Waals surface area contributed by atoms with Crippen LogP contribution < -0.4 is 0 Å². The van der Waals surface area contributed by atoms with E-state index in [1.807, 2.05) is 6.92 Å². The molecule has 0 aromatic carbocycles. The van der Waals surface area contributed by atoms with Crippen molar-refractivity contribution in [2.45, 2.75) is 25.9 Å². The molecule has 2 unspecified atom stereocenters. The number of carbonyl (C=O) groups is 1. The summed E-state index contributed by atoms with van der Waals surface area (Å²) in [6, 6.07) is 0. The molecular formula is C9H16O3S. The number of thioether (sulfide) groups is 1. The van der Waals surface area contributed by atoms with E-state index in [4.69, 9.17) is 4.74 Å². The van der Waals surface area contributed by atoms with Gasteiger partial charge < -0.3 is 9.84 Å². The van der Waals surface area contributed by atoms with Crippen molar-refractivity contribution in [3.8, 4) is 0 Å². The molecule has 13 heavy (non-hydrogen) atoms. The molecule has 0 aromatic rings. The van der Waals surface area contributed by atoms with Crippen LogP contribution in [-0.4, -0.2) is 35.3 Å². The van der Waals surface area contributed by atoms with Crippen LogP contribution in [0.4, 0.5) is 0 Å². The number of unbranched alkanes of at least 4 members (excludes halogenated alkanes) is 1. The fourth-order valence-electron chi connectivity index (χ4n) is 1.19. The van der Waals surface area contributed by atoms with E-state index in [0.29, 0.717) is 18.1 Å². The highest BCUT2D eigenvalue weighted by Crippen LogP contribution is 2.25. The smallest absolute Gasteiger partial charge is 0.312 e. The number of ether oxygens (including phenoxy) is 1. The molecule has 0 aliphatic carbocycles. The van der Waals surface area contributed by atoms with Gasteiger partial charge in [-0.2, -0.15) is 11.8 Å². The summed E-state index contributed by atoms with van der Waals surface area (Å²) in [5.41, 5.74) is 0. The number of aliphatic hydroxyl groups is 1. The molecule has 1 heterocycles. The van der Waals surface area contributed by atoms with Gasteiger partial charge in [0.1, 0.15) is 0 Å². The van der Waals surface area contributed by atoms with Gasteiger partial charge in [0.15, 0.2) is 0 Å². The predicted octanol–water partition coefficient (Wildman–Crippen LogP) is 1.05. The van der Waals surface area contributed by atoms with E-state index in [2.05, 4.69) is 0 Å². The highest BCUT2D eigenvalue weighted by molar-refractivity contribution is 7.99. The van der Waals surface area contributed by atoms with Crippen LogP contribution in [-0.2, 0) is 9.53 Å². The molecule has 0 saturated carbocycles. The topological polar surface area (TPSA) is 46.5 Å². The maximum atomic E-state index is 11.3. The zero-order chi connectivity index (χ0) is 9.68. The molecule has 1 rings (SSSR count). The summed E-state index contributed by atoms with van der Waals surface area (Å²) >= 11 is 1.61. The largest absolute Gasteiger partial charge is 0.465 e. The summed E-state index contributed by atoms with van der Waals surface area (Å²) in [7, 11) is 0. The van der Waals surface area contributed by atoms with Gasteiger partial charge in [-0.25, -0.2) is 0 Å². The number of hydrogen-bond donors (Lipinski definition) is 1. The molecule has 3 nitrogen and oxygen atoms in total. The number of carbonyl (C=O) groups excluding carboxylic acids is 1. The minimum atomic E-state index is -0.501. The van der Waals surface area contributed by atoms with Crippen molar-refractivity contribution in [2.24, 2.45) is 5.92 Å². The Labute approximate surface area is 82.8 Å². The molecular weight excluding hydrogens is 188 g/mol. The molecule has 0 spiro atoms. The van der Waals surface area contributed by atoms with Gasteiger partial charge in [-0.05, 0) is 6.42 Å². The Morgan fingerprint density at radius 2 is 2.38 bits per heavy atom. The highest BCUT2D eigenvalue weighted by atomic mass is 32.2. The molecule has 1 fully saturated rings. The highest BCUT2D eigenvalue weighted by Gasteiger charge is 2.33. The van der Waals surface area contributed by atoms with Crippen LogP contribution in [0.2, 0.25) is 0 Å². The Bertz CT molecular complexity index is 172. The minimum Gasteiger partial charge on any atom is -0.465 e. The van der Waals surface area contributed by atoms with Crippen molar-refractivity contribution < 1.29 is 14.6 Å².